The molecule has 0 radical (unpaired) electrons. The molecule has 0 aliphatic carbocycles. The van der Waals surface area contributed by atoms with E-state index in [1.54, 1.807) is 0 Å². The van der Waals surface area contributed by atoms with E-state index in [-0.39, 0.29) is 12.4 Å². The molecule has 1 heterocycles. The summed E-state index contributed by atoms with van der Waals surface area (Å²) in [4.78, 5) is 0. The quantitative estimate of drug-likeness (QED) is 0.527. The van der Waals surface area contributed by atoms with Gasteiger partial charge in [-0.3, -0.25) is 0 Å². The van der Waals surface area contributed by atoms with Crippen LogP contribution in [0, 0.1) is 0 Å². The summed E-state index contributed by atoms with van der Waals surface area (Å²) in [5.41, 5.74) is 0. The van der Waals surface area contributed by atoms with Crippen molar-refractivity contribution in [2.24, 2.45) is 0 Å². The summed E-state index contributed by atoms with van der Waals surface area (Å²) < 4.78 is 10.6. The van der Waals surface area contributed by atoms with Crippen molar-refractivity contribution in [3.8, 4) is 0 Å². The van der Waals surface area contributed by atoms with Gasteiger partial charge in [-0.05, 0) is 5.31 Å². The SMILES string of the molecule is CC(C)(C)B1OCC(O)CO1. The Hall–Kier alpha value is -0.0551. The molecule has 0 aromatic rings. The summed E-state index contributed by atoms with van der Waals surface area (Å²) in [6.07, 6.45) is -0.450. The molecule has 1 rings (SSSR count). The van der Waals surface area contributed by atoms with Gasteiger partial charge in [-0.1, -0.05) is 20.8 Å². The molecule has 0 spiro atoms. The lowest BCUT2D eigenvalue weighted by Crippen LogP contribution is -2.43. The summed E-state index contributed by atoms with van der Waals surface area (Å²) in [6.45, 7) is 6.93. The van der Waals surface area contributed by atoms with Gasteiger partial charge in [0.15, 0.2) is 0 Å². The van der Waals surface area contributed by atoms with Crippen LogP contribution in [0.15, 0.2) is 0 Å². The number of hydrogen-bond donors (Lipinski definition) is 1. The second kappa shape index (κ2) is 3.13. The van der Waals surface area contributed by atoms with Gasteiger partial charge in [0.1, 0.15) is 0 Å². The molecule has 3 nitrogen and oxygen atoms in total. The molecule has 0 bridgehead atoms. The van der Waals surface area contributed by atoms with Gasteiger partial charge in [0.25, 0.3) is 0 Å². The van der Waals surface area contributed by atoms with Crippen LogP contribution >= 0.6 is 0 Å². The van der Waals surface area contributed by atoms with Gasteiger partial charge in [-0.25, -0.2) is 0 Å². The topological polar surface area (TPSA) is 38.7 Å². The van der Waals surface area contributed by atoms with Gasteiger partial charge in [0.2, 0.25) is 0 Å². The zero-order valence-corrected chi connectivity index (χ0v) is 7.33. The number of hydrogen-bond acceptors (Lipinski definition) is 3. The first-order valence-corrected chi connectivity index (χ1v) is 3.91. The molecule has 0 aromatic carbocycles. The van der Waals surface area contributed by atoms with Gasteiger partial charge in [0, 0.05) is 0 Å². The molecule has 0 amide bonds. The van der Waals surface area contributed by atoms with Crippen LogP contribution in [0.2, 0.25) is 5.31 Å². The Morgan fingerprint density at radius 1 is 1.27 bits per heavy atom. The fourth-order valence-electron chi connectivity index (χ4n) is 0.993. The minimum Gasteiger partial charge on any atom is -0.408 e. The smallest absolute Gasteiger partial charge is 0.408 e. The highest BCUT2D eigenvalue weighted by atomic mass is 16.6. The first-order chi connectivity index (χ1) is 5.00. The molecule has 4 heteroatoms. The molecule has 1 saturated heterocycles. The minimum absolute atomic E-state index is 0.000139. The van der Waals surface area contributed by atoms with Crippen LogP contribution in [-0.4, -0.2) is 31.5 Å². The molecule has 1 fully saturated rings. The van der Waals surface area contributed by atoms with Crippen molar-refractivity contribution >= 4 is 7.12 Å². The highest BCUT2D eigenvalue weighted by Gasteiger charge is 2.37. The standard InChI is InChI=1S/C7H15BO3/c1-7(2,3)8-10-4-6(9)5-11-8/h6,9H,4-5H2,1-3H3. The zero-order chi connectivity index (χ0) is 8.48. The van der Waals surface area contributed by atoms with Crippen LogP contribution in [0.25, 0.3) is 0 Å². The normalized spacial score (nSPS) is 22.4. The van der Waals surface area contributed by atoms with E-state index in [1.165, 1.54) is 0 Å². The van der Waals surface area contributed by atoms with Gasteiger partial charge in [-0.2, -0.15) is 0 Å². The van der Waals surface area contributed by atoms with E-state index in [4.69, 9.17) is 14.4 Å². The molecular weight excluding hydrogens is 143 g/mol. The fraction of sp³-hybridized carbons (Fsp3) is 1.00. The minimum atomic E-state index is -0.450. The van der Waals surface area contributed by atoms with Gasteiger partial charge in [-0.15, -0.1) is 0 Å². The third-order valence-electron chi connectivity index (χ3n) is 1.59. The Labute approximate surface area is 67.8 Å². The van der Waals surface area contributed by atoms with E-state index < -0.39 is 6.10 Å². The highest BCUT2D eigenvalue weighted by molar-refractivity contribution is 6.48. The molecule has 0 atom stereocenters. The third-order valence-corrected chi connectivity index (χ3v) is 1.59. The number of rotatable bonds is 0. The summed E-state index contributed by atoms with van der Waals surface area (Å²) in [6, 6.07) is 0. The summed E-state index contributed by atoms with van der Waals surface area (Å²) in [7, 11) is -0.175. The molecule has 1 aliphatic heterocycles. The maximum Gasteiger partial charge on any atom is 0.462 e. The van der Waals surface area contributed by atoms with Crippen LogP contribution in [0.1, 0.15) is 20.8 Å². The van der Waals surface area contributed by atoms with Crippen molar-refractivity contribution in [1.29, 1.82) is 0 Å². The maximum atomic E-state index is 9.04. The molecule has 0 aromatic heterocycles. The van der Waals surface area contributed by atoms with Gasteiger partial charge in [0.05, 0.1) is 19.3 Å². The summed E-state index contributed by atoms with van der Waals surface area (Å²) >= 11 is 0. The van der Waals surface area contributed by atoms with Crippen molar-refractivity contribution < 1.29 is 14.4 Å². The number of aliphatic hydroxyl groups excluding tert-OH is 1. The molecule has 0 saturated carbocycles. The molecule has 0 unspecified atom stereocenters. The molecule has 1 aliphatic rings. The lowest BCUT2D eigenvalue weighted by Gasteiger charge is -2.31. The van der Waals surface area contributed by atoms with Crippen LogP contribution in [0.5, 0.6) is 0 Å². The van der Waals surface area contributed by atoms with Gasteiger partial charge < -0.3 is 14.4 Å². The van der Waals surface area contributed by atoms with Crippen LogP contribution < -0.4 is 0 Å². The molecular formula is C7H15BO3. The molecule has 1 N–H and O–H groups in total. The first kappa shape index (κ1) is 9.04. The van der Waals surface area contributed by atoms with Crippen molar-refractivity contribution in [2.75, 3.05) is 13.2 Å². The third kappa shape index (κ3) is 2.47. The Bertz CT molecular complexity index is 124. The second-order valence-corrected chi connectivity index (χ2v) is 4.02. The zero-order valence-electron chi connectivity index (χ0n) is 7.33. The Morgan fingerprint density at radius 3 is 2.09 bits per heavy atom. The average Bonchev–Trinajstić information content (AvgIpc) is 1.86. The van der Waals surface area contributed by atoms with E-state index in [9.17, 15) is 0 Å². The lowest BCUT2D eigenvalue weighted by molar-refractivity contribution is -0.00126. The fourth-order valence-corrected chi connectivity index (χ4v) is 0.993. The largest absolute Gasteiger partial charge is 0.462 e. The van der Waals surface area contributed by atoms with E-state index >= 15 is 0 Å². The van der Waals surface area contributed by atoms with Crippen molar-refractivity contribution in [3.63, 3.8) is 0 Å². The molecule has 11 heavy (non-hydrogen) atoms. The van der Waals surface area contributed by atoms with Gasteiger partial charge >= 0.3 is 7.12 Å². The van der Waals surface area contributed by atoms with E-state index in [0.29, 0.717) is 13.2 Å². The Morgan fingerprint density at radius 2 is 1.73 bits per heavy atom. The van der Waals surface area contributed by atoms with Crippen molar-refractivity contribution in [3.05, 3.63) is 0 Å². The molecule has 64 valence electrons. The van der Waals surface area contributed by atoms with Crippen molar-refractivity contribution in [2.45, 2.75) is 32.2 Å². The van der Waals surface area contributed by atoms with E-state index in [2.05, 4.69) is 20.8 Å². The van der Waals surface area contributed by atoms with Crippen LogP contribution in [0.4, 0.5) is 0 Å². The van der Waals surface area contributed by atoms with Crippen LogP contribution in [-0.2, 0) is 9.31 Å². The Balaban J connectivity index is 2.39. The first-order valence-electron chi connectivity index (χ1n) is 3.91. The number of aliphatic hydroxyl groups is 1. The van der Waals surface area contributed by atoms with Crippen molar-refractivity contribution in [1.82, 2.24) is 0 Å². The maximum absolute atomic E-state index is 9.04. The van der Waals surface area contributed by atoms with E-state index in [1.807, 2.05) is 0 Å². The highest BCUT2D eigenvalue weighted by Crippen LogP contribution is 2.29. The average molecular weight is 158 g/mol. The summed E-state index contributed by atoms with van der Waals surface area (Å²) in [5.74, 6) is 0. The summed E-state index contributed by atoms with van der Waals surface area (Å²) in [5, 5.41) is 9.04. The second-order valence-electron chi connectivity index (χ2n) is 4.02. The van der Waals surface area contributed by atoms with E-state index in [0.717, 1.165) is 0 Å². The predicted molar refractivity (Wildman–Crippen MR) is 43.4 cm³/mol. The van der Waals surface area contributed by atoms with Crippen LogP contribution in [0.3, 0.4) is 0 Å². The Kier molecular flexibility index (Phi) is 2.57. The predicted octanol–water partition coefficient (Wildman–Crippen LogP) is 0.682. The monoisotopic (exact) mass is 158 g/mol. The lowest BCUT2D eigenvalue weighted by atomic mass is 9.60.